The number of anilines is 1. The van der Waals surface area contributed by atoms with Crippen molar-refractivity contribution in [3.63, 3.8) is 0 Å². The maximum atomic E-state index is 12.9. The Morgan fingerprint density at radius 1 is 1.15 bits per heavy atom. The molecule has 1 aliphatic rings. The predicted octanol–water partition coefficient (Wildman–Crippen LogP) is 5.11. The van der Waals surface area contributed by atoms with Crippen molar-refractivity contribution in [2.24, 2.45) is 0 Å². The first-order valence-electron chi connectivity index (χ1n) is 9.04. The first-order chi connectivity index (χ1) is 13.0. The third-order valence-corrected chi connectivity index (χ3v) is 5.93. The molecule has 27 heavy (non-hydrogen) atoms. The summed E-state index contributed by atoms with van der Waals surface area (Å²) in [7, 11) is 3.27. The summed E-state index contributed by atoms with van der Waals surface area (Å²) in [6, 6.07) is 13.7. The number of nitrogens with zero attached hydrogens (tertiary/aromatic N) is 1. The van der Waals surface area contributed by atoms with Crippen LogP contribution < -0.4 is 14.8 Å². The molecule has 1 N–H and O–H groups in total. The molecule has 0 aromatic heterocycles. The van der Waals surface area contributed by atoms with E-state index >= 15 is 0 Å². The molecular weight excluding hydrogens is 360 g/mol. The lowest BCUT2D eigenvalue weighted by molar-refractivity contribution is 0.213. The minimum Gasteiger partial charge on any atom is -0.497 e. The van der Waals surface area contributed by atoms with Gasteiger partial charge >= 0.3 is 6.03 Å². The van der Waals surface area contributed by atoms with Gasteiger partial charge < -0.3 is 19.7 Å². The van der Waals surface area contributed by atoms with Gasteiger partial charge in [0.25, 0.3) is 0 Å². The SMILES string of the molecule is COc1ccc([C@H]2SCCN2C(=O)Nc2ccc(C(C)C)cc2)c(OC)c1. The second-order valence-electron chi connectivity index (χ2n) is 6.73. The topological polar surface area (TPSA) is 50.8 Å². The molecule has 3 rings (SSSR count). The number of amides is 2. The molecule has 0 spiro atoms. The summed E-state index contributed by atoms with van der Waals surface area (Å²) in [6.07, 6.45) is 0. The molecule has 0 bridgehead atoms. The number of methoxy groups -OCH3 is 2. The zero-order chi connectivity index (χ0) is 19.4. The molecule has 1 saturated heterocycles. The standard InChI is InChI=1S/C21H26N2O3S/c1-14(2)15-5-7-16(8-6-15)22-21(24)23-11-12-27-20(23)18-10-9-17(25-3)13-19(18)26-4/h5-10,13-14,20H,11-12H2,1-4H3,(H,22,24)/t20-/m1/s1. The Kier molecular flexibility index (Phi) is 6.16. The van der Waals surface area contributed by atoms with Crippen LogP contribution in [0.15, 0.2) is 42.5 Å². The summed E-state index contributed by atoms with van der Waals surface area (Å²) in [5.41, 5.74) is 3.04. The molecule has 1 fully saturated rings. The molecule has 0 saturated carbocycles. The molecular formula is C21H26N2O3S. The van der Waals surface area contributed by atoms with Crippen molar-refractivity contribution in [1.29, 1.82) is 0 Å². The van der Waals surface area contributed by atoms with Gasteiger partial charge in [-0.15, -0.1) is 11.8 Å². The van der Waals surface area contributed by atoms with E-state index in [0.29, 0.717) is 12.5 Å². The van der Waals surface area contributed by atoms with Crippen LogP contribution in [0.5, 0.6) is 11.5 Å². The van der Waals surface area contributed by atoms with Crippen molar-refractivity contribution in [3.05, 3.63) is 53.6 Å². The maximum absolute atomic E-state index is 12.9. The zero-order valence-electron chi connectivity index (χ0n) is 16.2. The number of urea groups is 1. The first-order valence-corrected chi connectivity index (χ1v) is 10.1. The lowest BCUT2D eigenvalue weighted by Gasteiger charge is -2.26. The third kappa shape index (κ3) is 4.33. The summed E-state index contributed by atoms with van der Waals surface area (Å²) in [5, 5.41) is 2.94. The average Bonchev–Trinajstić information content (AvgIpc) is 3.17. The quantitative estimate of drug-likeness (QED) is 0.776. The van der Waals surface area contributed by atoms with Crippen LogP contribution in [-0.2, 0) is 0 Å². The number of carbonyl (C=O) groups is 1. The summed E-state index contributed by atoms with van der Waals surface area (Å²) in [4.78, 5) is 14.7. The summed E-state index contributed by atoms with van der Waals surface area (Å²) in [5.74, 6) is 2.82. The van der Waals surface area contributed by atoms with Crippen LogP contribution in [-0.4, -0.2) is 37.4 Å². The minimum absolute atomic E-state index is 0.0826. The lowest BCUT2D eigenvalue weighted by atomic mass is 10.0. The van der Waals surface area contributed by atoms with Gasteiger partial charge in [-0.3, -0.25) is 0 Å². The zero-order valence-corrected chi connectivity index (χ0v) is 17.0. The Hall–Kier alpha value is -2.34. The van der Waals surface area contributed by atoms with Crippen molar-refractivity contribution in [1.82, 2.24) is 4.90 Å². The molecule has 0 unspecified atom stereocenters. The predicted molar refractivity (Wildman–Crippen MR) is 111 cm³/mol. The van der Waals surface area contributed by atoms with Crippen molar-refractivity contribution in [3.8, 4) is 11.5 Å². The van der Waals surface area contributed by atoms with E-state index in [4.69, 9.17) is 9.47 Å². The lowest BCUT2D eigenvalue weighted by Crippen LogP contribution is -2.34. The highest BCUT2D eigenvalue weighted by molar-refractivity contribution is 7.99. The van der Waals surface area contributed by atoms with E-state index in [1.165, 1.54) is 5.56 Å². The maximum Gasteiger partial charge on any atom is 0.323 e. The van der Waals surface area contributed by atoms with E-state index in [-0.39, 0.29) is 11.4 Å². The largest absolute Gasteiger partial charge is 0.497 e. The highest BCUT2D eigenvalue weighted by atomic mass is 32.2. The highest BCUT2D eigenvalue weighted by Gasteiger charge is 2.32. The summed E-state index contributed by atoms with van der Waals surface area (Å²) < 4.78 is 10.8. The second kappa shape index (κ2) is 8.57. The van der Waals surface area contributed by atoms with Crippen LogP contribution >= 0.6 is 11.8 Å². The fourth-order valence-corrected chi connectivity index (χ4v) is 4.39. The first kappa shape index (κ1) is 19.4. The number of hydrogen-bond donors (Lipinski definition) is 1. The van der Waals surface area contributed by atoms with E-state index in [2.05, 4.69) is 31.3 Å². The third-order valence-electron chi connectivity index (χ3n) is 4.69. The molecule has 1 atom stereocenters. The Morgan fingerprint density at radius 3 is 2.52 bits per heavy atom. The van der Waals surface area contributed by atoms with Crippen LogP contribution in [0, 0.1) is 0 Å². The fourth-order valence-electron chi connectivity index (χ4n) is 3.10. The number of rotatable bonds is 5. The second-order valence-corrected chi connectivity index (χ2v) is 7.92. The van der Waals surface area contributed by atoms with Crippen LogP contribution in [0.2, 0.25) is 0 Å². The fraction of sp³-hybridized carbons (Fsp3) is 0.381. The number of thioether (sulfide) groups is 1. The molecule has 2 aromatic rings. The van der Waals surface area contributed by atoms with Gasteiger partial charge in [-0.1, -0.05) is 26.0 Å². The Balaban J connectivity index is 1.76. The van der Waals surface area contributed by atoms with E-state index < -0.39 is 0 Å². The molecule has 5 nitrogen and oxygen atoms in total. The molecule has 2 amide bonds. The van der Waals surface area contributed by atoms with E-state index in [0.717, 1.165) is 28.5 Å². The molecule has 6 heteroatoms. The van der Waals surface area contributed by atoms with E-state index in [1.807, 2.05) is 35.2 Å². The van der Waals surface area contributed by atoms with Gasteiger partial charge in [-0.05, 0) is 35.7 Å². The highest BCUT2D eigenvalue weighted by Crippen LogP contribution is 2.43. The van der Waals surface area contributed by atoms with Gasteiger partial charge in [0, 0.05) is 29.6 Å². The molecule has 0 radical (unpaired) electrons. The number of carbonyl (C=O) groups excluding carboxylic acids is 1. The molecule has 2 aromatic carbocycles. The van der Waals surface area contributed by atoms with Gasteiger partial charge in [0.2, 0.25) is 0 Å². The van der Waals surface area contributed by atoms with Crippen LogP contribution in [0.1, 0.15) is 36.3 Å². The van der Waals surface area contributed by atoms with Crippen molar-refractivity contribution in [2.75, 3.05) is 31.8 Å². The summed E-state index contributed by atoms with van der Waals surface area (Å²) in [6.45, 7) is 5.00. The van der Waals surface area contributed by atoms with Gasteiger partial charge in [-0.2, -0.15) is 0 Å². The Morgan fingerprint density at radius 2 is 1.89 bits per heavy atom. The number of benzene rings is 2. The van der Waals surface area contributed by atoms with Crippen LogP contribution in [0.4, 0.5) is 10.5 Å². The summed E-state index contributed by atoms with van der Waals surface area (Å²) >= 11 is 1.74. The van der Waals surface area contributed by atoms with Gasteiger partial charge in [0.05, 0.1) is 14.2 Å². The average molecular weight is 387 g/mol. The van der Waals surface area contributed by atoms with Gasteiger partial charge in [0.1, 0.15) is 16.9 Å². The van der Waals surface area contributed by atoms with Gasteiger partial charge in [-0.25, -0.2) is 4.79 Å². The van der Waals surface area contributed by atoms with Gasteiger partial charge in [0.15, 0.2) is 0 Å². The number of ether oxygens (including phenoxy) is 2. The molecule has 0 aliphatic carbocycles. The number of hydrogen-bond acceptors (Lipinski definition) is 4. The normalized spacial score (nSPS) is 16.5. The number of nitrogens with one attached hydrogen (secondary N) is 1. The van der Waals surface area contributed by atoms with Crippen molar-refractivity contribution >= 4 is 23.5 Å². The van der Waals surface area contributed by atoms with Crippen LogP contribution in [0.25, 0.3) is 0 Å². The minimum atomic E-state index is -0.0971. The van der Waals surface area contributed by atoms with E-state index in [9.17, 15) is 4.79 Å². The van der Waals surface area contributed by atoms with Crippen molar-refractivity contribution in [2.45, 2.75) is 25.1 Å². The smallest absolute Gasteiger partial charge is 0.323 e. The molecule has 1 heterocycles. The molecule has 1 aliphatic heterocycles. The molecule has 144 valence electrons. The van der Waals surface area contributed by atoms with E-state index in [1.54, 1.807) is 26.0 Å². The Bertz CT molecular complexity index is 793. The monoisotopic (exact) mass is 386 g/mol. The Labute approximate surface area is 165 Å². The van der Waals surface area contributed by atoms with Crippen LogP contribution in [0.3, 0.4) is 0 Å². The van der Waals surface area contributed by atoms with Crippen molar-refractivity contribution < 1.29 is 14.3 Å².